The van der Waals surface area contributed by atoms with Gasteiger partial charge in [0.1, 0.15) is 0 Å². The smallest absolute Gasteiger partial charge is 0.236 e. The number of nitrogens with one attached hydrogen (secondary N) is 1. The van der Waals surface area contributed by atoms with Gasteiger partial charge >= 0.3 is 0 Å². The molecule has 2 amide bonds. The molecule has 5 nitrogen and oxygen atoms in total. The predicted octanol–water partition coefficient (Wildman–Crippen LogP) is 1.16. The molecule has 0 bridgehead atoms. The van der Waals surface area contributed by atoms with Crippen molar-refractivity contribution in [2.75, 3.05) is 33.2 Å². The van der Waals surface area contributed by atoms with E-state index in [0.29, 0.717) is 19.6 Å². The van der Waals surface area contributed by atoms with Gasteiger partial charge in [-0.1, -0.05) is 6.07 Å². The van der Waals surface area contributed by atoms with Crippen molar-refractivity contribution < 1.29 is 9.59 Å². The van der Waals surface area contributed by atoms with Crippen LogP contribution < -0.4 is 5.32 Å². The Labute approximate surface area is 124 Å². The second-order valence-corrected chi connectivity index (χ2v) is 5.63. The van der Waals surface area contributed by atoms with Gasteiger partial charge in [-0.25, -0.2) is 0 Å². The summed E-state index contributed by atoms with van der Waals surface area (Å²) in [5, 5.41) is 4.83. The van der Waals surface area contributed by atoms with Crippen molar-refractivity contribution in [2.24, 2.45) is 0 Å². The molecule has 1 aromatic heterocycles. The van der Waals surface area contributed by atoms with Crippen molar-refractivity contribution in [3.8, 4) is 0 Å². The van der Waals surface area contributed by atoms with E-state index in [1.54, 1.807) is 28.2 Å². The second-order valence-electron chi connectivity index (χ2n) is 4.59. The maximum atomic E-state index is 11.9. The fraction of sp³-hybridized carbons (Fsp3) is 0.571. The van der Waals surface area contributed by atoms with E-state index in [4.69, 9.17) is 0 Å². The standard InChI is InChI=1S/C14H23N3O2S/c1-4-17(5-2)14(19)11-16(3)10-13(18)15-9-12-7-6-8-20-12/h6-8H,4-5,9-11H2,1-3H3,(H,15,18). The van der Waals surface area contributed by atoms with Gasteiger partial charge < -0.3 is 10.2 Å². The van der Waals surface area contributed by atoms with E-state index < -0.39 is 0 Å². The molecule has 1 rings (SSSR count). The van der Waals surface area contributed by atoms with Crippen LogP contribution >= 0.6 is 11.3 Å². The van der Waals surface area contributed by atoms with E-state index in [1.807, 2.05) is 31.4 Å². The van der Waals surface area contributed by atoms with E-state index in [1.165, 1.54) is 0 Å². The van der Waals surface area contributed by atoms with Crippen LogP contribution in [0.3, 0.4) is 0 Å². The second kappa shape index (κ2) is 8.71. The first-order valence-corrected chi connectivity index (χ1v) is 7.70. The Morgan fingerprint density at radius 2 is 1.95 bits per heavy atom. The van der Waals surface area contributed by atoms with E-state index in [0.717, 1.165) is 4.88 Å². The molecule has 0 aliphatic rings. The van der Waals surface area contributed by atoms with Crippen LogP contribution in [-0.4, -0.2) is 54.8 Å². The number of rotatable bonds is 8. The molecule has 0 aliphatic carbocycles. The summed E-state index contributed by atoms with van der Waals surface area (Å²) >= 11 is 1.62. The van der Waals surface area contributed by atoms with E-state index in [2.05, 4.69) is 5.32 Å². The minimum atomic E-state index is -0.0618. The summed E-state index contributed by atoms with van der Waals surface area (Å²) in [5.74, 6) is -0.00296. The van der Waals surface area contributed by atoms with Crippen molar-refractivity contribution >= 4 is 23.2 Å². The fourth-order valence-corrected chi connectivity index (χ4v) is 2.51. The molecule has 0 fully saturated rings. The molecule has 112 valence electrons. The highest BCUT2D eigenvalue weighted by Gasteiger charge is 2.14. The van der Waals surface area contributed by atoms with Gasteiger partial charge in [-0.05, 0) is 32.3 Å². The van der Waals surface area contributed by atoms with Crippen LogP contribution in [0.15, 0.2) is 17.5 Å². The van der Waals surface area contributed by atoms with Gasteiger partial charge in [0.2, 0.25) is 11.8 Å². The number of carbonyl (C=O) groups excluding carboxylic acids is 2. The third-order valence-electron chi connectivity index (χ3n) is 2.97. The van der Waals surface area contributed by atoms with Gasteiger partial charge in [-0.2, -0.15) is 0 Å². The average molecular weight is 297 g/mol. The first-order chi connectivity index (χ1) is 9.56. The lowest BCUT2D eigenvalue weighted by atomic mass is 10.4. The topological polar surface area (TPSA) is 52.7 Å². The SMILES string of the molecule is CCN(CC)C(=O)CN(C)CC(=O)NCc1cccs1. The van der Waals surface area contributed by atoms with Crippen molar-refractivity contribution in [3.05, 3.63) is 22.4 Å². The fourth-order valence-electron chi connectivity index (χ4n) is 1.86. The predicted molar refractivity (Wildman–Crippen MR) is 81.6 cm³/mol. The van der Waals surface area contributed by atoms with E-state index in [-0.39, 0.29) is 24.9 Å². The Kier molecular flexibility index (Phi) is 7.25. The van der Waals surface area contributed by atoms with E-state index in [9.17, 15) is 9.59 Å². The number of likely N-dealkylation sites (N-methyl/N-ethyl adjacent to an activating group) is 2. The molecule has 0 saturated heterocycles. The summed E-state index contributed by atoms with van der Waals surface area (Å²) in [6.45, 7) is 6.37. The Morgan fingerprint density at radius 1 is 1.25 bits per heavy atom. The van der Waals surface area contributed by atoms with Crippen LogP contribution in [0.5, 0.6) is 0 Å². The normalized spacial score (nSPS) is 10.6. The van der Waals surface area contributed by atoms with Gasteiger partial charge in [0.15, 0.2) is 0 Å². The lowest BCUT2D eigenvalue weighted by molar-refractivity contribution is -0.132. The highest BCUT2D eigenvalue weighted by molar-refractivity contribution is 7.09. The lowest BCUT2D eigenvalue weighted by Gasteiger charge is -2.22. The van der Waals surface area contributed by atoms with Crippen molar-refractivity contribution in [1.29, 1.82) is 0 Å². The first-order valence-electron chi connectivity index (χ1n) is 6.82. The van der Waals surface area contributed by atoms with Crippen LogP contribution in [0.2, 0.25) is 0 Å². The summed E-state index contributed by atoms with van der Waals surface area (Å²) in [7, 11) is 1.78. The quantitative estimate of drug-likeness (QED) is 0.783. The molecule has 1 aromatic rings. The number of hydrogen-bond donors (Lipinski definition) is 1. The highest BCUT2D eigenvalue weighted by atomic mass is 32.1. The maximum absolute atomic E-state index is 11.9. The van der Waals surface area contributed by atoms with Crippen LogP contribution in [0, 0.1) is 0 Å². The average Bonchev–Trinajstić information content (AvgIpc) is 2.90. The van der Waals surface area contributed by atoms with Gasteiger partial charge in [0, 0.05) is 18.0 Å². The largest absolute Gasteiger partial charge is 0.350 e. The molecular weight excluding hydrogens is 274 g/mol. The zero-order chi connectivity index (χ0) is 15.0. The number of nitrogens with zero attached hydrogens (tertiary/aromatic N) is 2. The zero-order valence-corrected chi connectivity index (χ0v) is 13.2. The molecule has 0 spiro atoms. The molecule has 1 heterocycles. The Balaban J connectivity index is 2.28. The number of hydrogen-bond acceptors (Lipinski definition) is 4. The van der Waals surface area contributed by atoms with Crippen LogP contribution in [0.4, 0.5) is 0 Å². The molecule has 0 aromatic carbocycles. The summed E-state index contributed by atoms with van der Waals surface area (Å²) in [6, 6.07) is 3.94. The molecule has 20 heavy (non-hydrogen) atoms. The number of thiophene rings is 1. The molecule has 6 heteroatoms. The van der Waals surface area contributed by atoms with Gasteiger partial charge in [0.05, 0.1) is 19.6 Å². The third-order valence-corrected chi connectivity index (χ3v) is 3.85. The molecule has 0 unspecified atom stereocenters. The summed E-state index contributed by atoms with van der Waals surface area (Å²) in [6.07, 6.45) is 0. The molecular formula is C14H23N3O2S. The minimum absolute atomic E-state index is 0.0588. The maximum Gasteiger partial charge on any atom is 0.236 e. The summed E-state index contributed by atoms with van der Waals surface area (Å²) in [4.78, 5) is 28.3. The molecule has 0 saturated carbocycles. The van der Waals surface area contributed by atoms with Gasteiger partial charge in [-0.15, -0.1) is 11.3 Å². The Morgan fingerprint density at radius 3 is 2.50 bits per heavy atom. The molecule has 0 aliphatic heterocycles. The highest BCUT2D eigenvalue weighted by Crippen LogP contribution is 2.07. The van der Waals surface area contributed by atoms with Gasteiger partial charge in [-0.3, -0.25) is 14.5 Å². The number of carbonyl (C=O) groups is 2. The van der Waals surface area contributed by atoms with E-state index >= 15 is 0 Å². The van der Waals surface area contributed by atoms with Crippen LogP contribution in [0.25, 0.3) is 0 Å². The minimum Gasteiger partial charge on any atom is -0.350 e. The van der Waals surface area contributed by atoms with Crippen molar-refractivity contribution in [3.63, 3.8) is 0 Å². The van der Waals surface area contributed by atoms with Crippen molar-refractivity contribution in [2.45, 2.75) is 20.4 Å². The monoisotopic (exact) mass is 297 g/mol. The Hall–Kier alpha value is -1.40. The summed E-state index contributed by atoms with van der Waals surface area (Å²) < 4.78 is 0. The molecule has 0 atom stereocenters. The Bertz CT molecular complexity index is 416. The van der Waals surface area contributed by atoms with Crippen LogP contribution in [-0.2, 0) is 16.1 Å². The number of amides is 2. The first kappa shape index (κ1) is 16.7. The van der Waals surface area contributed by atoms with Crippen molar-refractivity contribution in [1.82, 2.24) is 15.1 Å². The third kappa shape index (κ3) is 5.71. The molecule has 0 radical (unpaired) electrons. The van der Waals surface area contributed by atoms with Gasteiger partial charge in [0.25, 0.3) is 0 Å². The summed E-state index contributed by atoms with van der Waals surface area (Å²) in [5.41, 5.74) is 0. The van der Waals surface area contributed by atoms with Crippen LogP contribution in [0.1, 0.15) is 18.7 Å². The molecule has 1 N–H and O–H groups in total. The lowest BCUT2D eigenvalue weighted by Crippen LogP contribution is -2.42. The zero-order valence-electron chi connectivity index (χ0n) is 12.4.